The second-order valence-corrected chi connectivity index (χ2v) is 10.5. The van der Waals surface area contributed by atoms with Gasteiger partial charge in [-0.25, -0.2) is 0 Å². The topological polar surface area (TPSA) is 197 Å². The molecule has 39 heavy (non-hydrogen) atoms. The number of aliphatic hydroxyl groups is 3. The lowest BCUT2D eigenvalue weighted by Gasteiger charge is -2.42. The van der Waals surface area contributed by atoms with Crippen LogP contribution >= 0.6 is 0 Å². The van der Waals surface area contributed by atoms with Crippen molar-refractivity contribution in [3.8, 4) is 11.5 Å². The standard InChI is InChI=1S/C28H31NO10/c1-3-17(31)28(37)8-14-20(16(9-28)39-18-7-15(29)23(32)11(2)38-18)27(36)22-21(25(14)34)24(33)13-6-4-5-12(10-30)19(13)26(22)35/h4-6,11,15-16,18,23,30,32,34,36-37H,3,7-10,29H2,1-2H3/t11?,15-,16?,18+,23+,28+/m1/s1. The van der Waals surface area contributed by atoms with Crippen molar-refractivity contribution < 1.29 is 49.4 Å². The molecule has 11 heteroatoms. The molecular formula is C28H31NO10. The summed E-state index contributed by atoms with van der Waals surface area (Å²) in [5, 5.41) is 54.2. The smallest absolute Gasteiger partial charge is 0.198 e. The Morgan fingerprint density at radius 1 is 1.15 bits per heavy atom. The van der Waals surface area contributed by atoms with Crippen molar-refractivity contribution in [2.45, 2.75) is 82.4 Å². The average molecular weight is 542 g/mol. The second kappa shape index (κ2) is 9.77. The minimum atomic E-state index is -2.00. The Morgan fingerprint density at radius 3 is 2.49 bits per heavy atom. The lowest BCUT2D eigenvalue weighted by atomic mass is 9.71. The normalized spacial score (nSPS) is 29.9. The summed E-state index contributed by atoms with van der Waals surface area (Å²) >= 11 is 0. The number of phenols is 2. The zero-order chi connectivity index (χ0) is 28.4. The van der Waals surface area contributed by atoms with Gasteiger partial charge in [-0.15, -0.1) is 0 Å². The van der Waals surface area contributed by atoms with Gasteiger partial charge in [-0.3, -0.25) is 14.4 Å². The van der Waals surface area contributed by atoms with Crippen LogP contribution in [0.3, 0.4) is 0 Å². The summed E-state index contributed by atoms with van der Waals surface area (Å²) in [5.41, 5.74) is 3.03. The Labute approximate surface area is 223 Å². The van der Waals surface area contributed by atoms with Crippen LogP contribution < -0.4 is 5.73 Å². The number of ketones is 3. The van der Waals surface area contributed by atoms with Crippen molar-refractivity contribution in [2.75, 3.05) is 0 Å². The van der Waals surface area contributed by atoms with Gasteiger partial charge >= 0.3 is 0 Å². The lowest BCUT2D eigenvalue weighted by Crippen LogP contribution is -2.52. The van der Waals surface area contributed by atoms with Gasteiger partial charge in [0.1, 0.15) is 17.1 Å². The largest absolute Gasteiger partial charge is 0.507 e. The van der Waals surface area contributed by atoms with E-state index in [0.29, 0.717) is 0 Å². The molecule has 0 aromatic heterocycles. The molecule has 7 N–H and O–H groups in total. The SMILES string of the molecule is CCC(=O)[C@]1(O)Cc2c(O)c3c(c(O)c2C(O[C@H]2C[C@@H](N)[C@@H](O)C(C)O2)C1)C(=O)c1c(CO)cccc1C3=O. The van der Waals surface area contributed by atoms with E-state index in [1.807, 2.05) is 0 Å². The first-order valence-corrected chi connectivity index (χ1v) is 12.9. The second-order valence-electron chi connectivity index (χ2n) is 10.5. The summed E-state index contributed by atoms with van der Waals surface area (Å²) in [6.45, 7) is 2.64. The van der Waals surface area contributed by atoms with E-state index in [1.165, 1.54) is 18.2 Å². The number of rotatable bonds is 5. The zero-order valence-corrected chi connectivity index (χ0v) is 21.5. The first-order chi connectivity index (χ1) is 18.4. The summed E-state index contributed by atoms with van der Waals surface area (Å²) < 4.78 is 11.8. The van der Waals surface area contributed by atoms with E-state index >= 15 is 0 Å². The minimum Gasteiger partial charge on any atom is -0.507 e. The third-order valence-electron chi connectivity index (χ3n) is 8.06. The first kappa shape index (κ1) is 27.4. The number of carbonyl (C=O) groups excluding carboxylic acids is 3. The van der Waals surface area contributed by atoms with E-state index in [2.05, 4.69) is 0 Å². The van der Waals surface area contributed by atoms with Gasteiger partial charge in [-0.1, -0.05) is 25.1 Å². The number of carbonyl (C=O) groups is 3. The third kappa shape index (κ3) is 4.17. The molecule has 2 aromatic carbocycles. The van der Waals surface area contributed by atoms with Crippen LogP contribution in [0.15, 0.2) is 18.2 Å². The van der Waals surface area contributed by atoms with Crippen LogP contribution in [0.2, 0.25) is 0 Å². The van der Waals surface area contributed by atoms with Crippen molar-refractivity contribution in [3.05, 3.63) is 57.1 Å². The highest BCUT2D eigenvalue weighted by Gasteiger charge is 2.49. The van der Waals surface area contributed by atoms with E-state index in [-0.39, 0.29) is 47.1 Å². The molecule has 0 saturated carbocycles. The molecule has 0 radical (unpaired) electrons. The number of hydrogen-bond acceptors (Lipinski definition) is 11. The van der Waals surface area contributed by atoms with Gasteiger partial charge in [0, 0.05) is 54.0 Å². The molecule has 2 aliphatic carbocycles. The Hall–Kier alpha value is -3.19. The number of benzene rings is 2. The number of phenolic OH excluding ortho intramolecular Hbond substituents is 2. The fourth-order valence-electron chi connectivity index (χ4n) is 6.00. The summed E-state index contributed by atoms with van der Waals surface area (Å²) in [6, 6.07) is 3.66. The molecule has 1 fully saturated rings. The maximum atomic E-state index is 13.6. The number of aromatic hydroxyl groups is 2. The fraction of sp³-hybridized carbons (Fsp3) is 0.464. The maximum Gasteiger partial charge on any atom is 0.198 e. The predicted molar refractivity (Wildman–Crippen MR) is 134 cm³/mol. The van der Waals surface area contributed by atoms with Gasteiger partial charge in [-0.2, -0.15) is 0 Å². The number of ether oxygens (including phenoxy) is 2. The Balaban J connectivity index is 1.69. The molecule has 1 saturated heterocycles. The van der Waals surface area contributed by atoms with Gasteiger partial charge < -0.3 is 40.7 Å². The van der Waals surface area contributed by atoms with Crippen molar-refractivity contribution in [1.29, 1.82) is 0 Å². The molecule has 2 unspecified atom stereocenters. The zero-order valence-electron chi connectivity index (χ0n) is 21.5. The molecule has 0 amide bonds. The molecule has 6 atom stereocenters. The molecule has 0 bridgehead atoms. The number of fused-ring (bicyclic) bond motifs is 3. The molecule has 0 spiro atoms. The Bertz CT molecular complexity index is 1380. The number of Topliss-reactive ketones (excluding diaryl/α,β-unsaturated/α-hetero) is 1. The summed E-state index contributed by atoms with van der Waals surface area (Å²) in [5.74, 6) is -3.32. The van der Waals surface area contributed by atoms with Crippen LogP contribution in [-0.4, -0.2) is 73.0 Å². The lowest BCUT2D eigenvalue weighted by molar-refractivity contribution is -0.247. The Kier molecular flexibility index (Phi) is 6.86. The highest BCUT2D eigenvalue weighted by molar-refractivity contribution is 6.31. The summed E-state index contributed by atoms with van der Waals surface area (Å²) in [7, 11) is 0. The average Bonchev–Trinajstić information content (AvgIpc) is 2.90. The highest BCUT2D eigenvalue weighted by Crippen LogP contribution is 2.52. The van der Waals surface area contributed by atoms with Gasteiger partial charge in [-0.05, 0) is 12.5 Å². The first-order valence-electron chi connectivity index (χ1n) is 12.9. The van der Waals surface area contributed by atoms with Gasteiger partial charge in [0.15, 0.2) is 23.6 Å². The molecule has 2 aromatic rings. The minimum absolute atomic E-state index is 0.0288. The monoisotopic (exact) mass is 541 g/mol. The molecule has 11 nitrogen and oxygen atoms in total. The molecular weight excluding hydrogens is 510 g/mol. The van der Waals surface area contributed by atoms with Gasteiger partial charge in [0.05, 0.1) is 36.0 Å². The van der Waals surface area contributed by atoms with E-state index < -0.39 is 89.2 Å². The fourth-order valence-corrected chi connectivity index (χ4v) is 6.00. The quantitative estimate of drug-likeness (QED) is 0.251. The van der Waals surface area contributed by atoms with Crippen molar-refractivity contribution >= 4 is 17.3 Å². The summed E-state index contributed by atoms with van der Waals surface area (Å²) in [4.78, 5) is 40.0. The number of aliphatic hydroxyl groups excluding tert-OH is 2. The van der Waals surface area contributed by atoms with Crippen LogP contribution in [0.5, 0.6) is 11.5 Å². The van der Waals surface area contributed by atoms with E-state index in [1.54, 1.807) is 13.8 Å². The van der Waals surface area contributed by atoms with Crippen LogP contribution in [0.4, 0.5) is 0 Å². The van der Waals surface area contributed by atoms with Crippen LogP contribution in [0.25, 0.3) is 0 Å². The molecule has 1 aliphatic heterocycles. The van der Waals surface area contributed by atoms with Crippen molar-refractivity contribution in [2.24, 2.45) is 5.73 Å². The number of hydrogen-bond donors (Lipinski definition) is 6. The molecule has 3 aliphatic rings. The number of nitrogens with two attached hydrogens (primary N) is 1. The van der Waals surface area contributed by atoms with Crippen molar-refractivity contribution in [3.63, 3.8) is 0 Å². The van der Waals surface area contributed by atoms with Gasteiger partial charge in [0.2, 0.25) is 0 Å². The van der Waals surface area contributed by atoms with E-state index in [9.17, 15) is 39.9 Å². The molecule has 1 heterocycles. The van der Waals surface area contributed by atoms with Crippen LogP contribution in [0.1, 0.15) is 87.7 Å². The molecule has 208 valence electrons. The van der Waals surface area contributed by atoms with Gasteiger partial charge in [0.25, 0.3) is 0 Å². The van der Waals surface area contributed by atoms with Crippen molar-refractivity contribution in [1.82, 2.24) is 0 Å². The van der Waals surface area contributed by atoms with E-state index in [0.717, 1.165) is 0 Å². The maximum absolute atomic E-state index is 13.6. The Morgan fingerprint density at radius 2 is 1.85 bits per heavy atom. The highest BCUT2D eigenvalue weighted by atomic mass is 16.7. The predicted octanol–water partition coefficient (Wildman–Crippen LogP) is 0.903. The van der Waals surface area contributed by atoms with Crippen LogP contribution in [-0.2, 0) is 27.3 Å². The van der Waals surface area contributed by atoms with E-state index in [4.69, 9.17) is 15.2 Å². The summed E-state index contributed by atoms with van der Waals surface area (Å²) in [6.07, 6.45) is -4.63. The van der Waals surface area contributed by atoms with Crippen LogP contribution in [0, 0.1) is 0 Å². The third-order valence-corrected chi connectivity index (χ3v) is 8.06. The molecule has 5 rings (SSSR count).